The fourth-order valence-corrected chi connectivity index (χ4v) is 7.85. The number of benzene rings is 3. The van der Waals surface area contributed by atoms with E-state index in [1.54, 1.807) is 31.4 Å². The van der Waals surface area contributed by atoms with Gasteiger partial charge in [-0.3, -0.25) is 14.4 Å². The number of amides is 2. The van der Waals surface area contributed by atoms with E-state index >= 15 is 0 Å². The Morgan fingerprint density at radius 1 is 0.974 bits per heavy atom. The molecule has 10 heteroatoms. The van der Waals surface area contributed by atoms with E-state index < -0.39 is 17.1 Å². The van der Waals surface area contributed by atoms with E-state index in [1.807, 2.05) is 48.5 Å². The van der Waals surface area contributed by atoms with Gasteiger partial charge in [-0.15, -0.1) is 0 Å². The summed E-state index contributed by atoms with van der Waals surface area (Å²) < 4.78 is 12.3. The topological polar surface area (TPSA) is 88.7 Å². The molecule has 4 aromatic rings. The van der Waals surface area contributed by atoms with Crippen LogP contribution in [0.3, 0.4) is 0 Å². The molecule has 3 atom stereocenters. The number of fused-ring (bicyclic) bond motifs is 2. The first-order valence-electron chi connectivity index (χ1n) is 11.8. The van der Waals surface area contributed by atoms with Crippen LogP contribution in [0.25, 0.3) is 0 Å². The van der Waals surface area contributed by atoms with Crippen LogP contribution in [0.2, 0.25) is 0 Å². The maximum atomic E-state index is 14.0. The molecule has 7 nitrogen and oxygen atoms in total. The van der Waals surface area contributed by atoms with Crippen molar-refractivity contribution in [3.63, 3.8) is 0 Å². The van der Waals surface area contributed by atoms with Gasteiger partial charge in [-0.25, -0.2) is 4.90 Å². The third-order valence-corrected chi connectivity index (χ3v) is 9.59. The van der Waals surface area contributed by atoms with Crippen LogP contribution in [0.5, 0.6) is 11.5 Å². The van der Waals surface area contributed by atoms with Gasteiger partial charge in [0.05, 0.1) is 23.7 Å². The molecular formula is C28H21BrN2O5S2. The van der Waals surface area contributed by atoms with Crippen LogP contribution in [0.4, 0.5) is 5.69 Å². The number of aromatic nitrogens is 1. The number of ether oxygens (including phenoxy) is 2. The number of anilines is 1. The zero-order valence-electron chi connectivity index (χ0n) is 20.1. The van der Waals surface area contributed by atoms with E-state index in [9.17, 15) is 14.4 Å². The summed E-state index contributed by atoms with van der Waals surface area (Å²) >= 11 is 5.89. The highest BCUT2D eigenvalue weighted by Crippen LogP contribution is 2.54. The monoisotopic (exact) mass is 608 g/mol. The van der Waals surface area contributed by atoms with Crippen molar-refractivity contribution >= 4 is 56.5 Å². The lowest BCUT2D eigenvalue weighted by atomic mass is 9.82. The lowest BCUT2D eigenvalue weighted by molar-refractivity contribution is -0.122. The Morgan fingerprint density at radius 2 is 1.74 bits per heavy atom. The average Bonchev–Trinajstić information content (AvgIpc) is 3.42. The number of carbonyl (C=O) groups is 2. The second kappa shape index (κ2) is 10.1. The summed E-state index contributed by atoms with van der Waals surface area (Å²) in [6.07, 6.45) is 0. The van der Waals surface area contributed by atoms with Gasteiger partial charge in [0.25, 0.3) is 0 Å². The molecule has 1 fully saturated rings. The summed E-state index contributed by atoms with van der Waals surface area (Å²) in [5.41, 5.74) is 2.24. The highest BCUT2D eigenvalue weighted by molar-refractivity contribution is 9.10. The number of hydrogen-bond donors (Lipinski definition) is 1. The summed E-state index contributed by atoms with van der Waals surface area (Å²) in [6.45, 7) is 0.339. The lowest BCUT2D eigenvalue weighted by Crippen LogP contribution is -2.32. The van der Waals surface area contributed by atoms with E-state index in [0.717, 1.165) is 31.8 Å². The van der Waals surface area contributed by atoms with Crippen molar-refractivity contribution in [2.24, 2.45) is 5.92 Å². The van der Waals surface area contributed by atoms with Gasteiger partial charge in [-0.1, -0.05) is 69.4 Å². The number of thiazole rings is 1. The summed E-state index contributed by atoms with van der Waals surface area (Å²) in [7, 11) is 1.56. The molecule has 0 saturated carbocycles. The molecule has 1 N–H and O–H groups in total. The molecule has 2 amide bonds. The van der Waals surface area contributed by atoms with Gasteiger partial charge in [-0.2, -0.15) is 0 Å². The van der Waals surface area contributed by atoms with Crippen molar-refractivity contribution in [1.29, 1.82) is 0 Å². The number of imide groups is 1. The molecular weight excluding hydrogens is 588 g/mol. The maximum Gasteiger partial charge on any atom is 0.305 e. The van der Waals surface area contributed by atoms with Crippen molar-refractivity contribution in [2.45, 2.75) is 22.8 Å². The third-order valence-electron chi connectivity index (χ3n) is 6.70. The number of thioether (sulfide) groups is 1. The molecule has 1 aromatic heterocycles. The minimum absolute atomic E-state index is 0.221. The molecule has 6 rings (SSSR count). The van der Waals surface area contributed by atoms with E-state index in [0.29, 0.717) is 28.8 Å². The standard InChI is InChI=1S/C28H21BrN2O5S2/c1-35-18-10-8-17(9-11-18)31-26(32)22-21(23-25(30-28(34)38-23)37-24(22)27(31)33)19-13-16(29)7-12-20(19)36-14-15-5-3-2-4-6-15/h2-13,21-22,24H,14H2,1H3,(H,30,34)/t21-,22-,24+/m0/s1. The summed E-state index contributed by atoms with van der Waals surface area (Å²) in [5.74, 6) is -0.623. The van der Waals surface area contributed by atoms with Crippen molar-refractivity contribution in [3.05, 3.63) is 103 Å². The van der Waals surface area contributed by atoms with Crippen LogP contribution >= 0.6 is 39.0 Å². The molecule has 0 bridgehead atoms. The number of halogens is 1. The molecule has 3 heterocycles. The second-order valence-corrected chi connectivity index (χ2v) is 12.0. The van der Waals surface area contributed by atoms with Crippen LogP contribution in [-0.2, 0) is 16.2 Å². The number of rotatable bonds is 6. The normalized spacial score (nSPS) is 20.3. The predicted molar refractivity (Wildman–Crippen MR) is 150 cm³/mol. The summed E-state index contributed by atoms with van der Waals surface area (Å²) in [5, 5.41) is -0.0636. The van der Waals surface area contributed by atoms with Crippen molar-refractivity contribution in [3.8, 4) is 11.5 Å². The Bertz CT molecular complexity index is 1590. The van der Waals surface area contributed by atoms with Crippen molar-refractivity contribution < 1.29 is 19.1 Å². The first kappa shape index (κ1) is 25.0. The first-order chi connectivity index (χ1) is 18.4. The van der Waals surface area contributed by atoms with Crippen molar-refractivity contribution in [2.75, 3.05) is 12.0 Å². The lowest BCUT2D eigenvalue weighted by Gasteiger charge is -2.31. The van der Waals surface area contributed by atoms with Gasteiger partial charge in [-0.05, 0) is 48.0 Å². The highest BCUT2D eigenvalue weighted by atomic mass is 79.9. The molecule has 2 aliphatic rings. The molecule has 0 aliphatic carbocycles. The molecule has 192 valence electrons. The molecule has 0 spiro atoms. The zero-order valence-corrected chi connectivity index (χ0v) is 23.3. The highest BCUT2D eigenvalue weighted by Gasteiger charge is 2.56. The molecule has 1 saturated heterocycles. The Kier molecular flexibility index (Phi) is 6.63. The third kappa shape index (κ3) is 4.36. The van der Waals surface area contributed by atoms with Gasteiger partial charge in [0.15, 0.2) is 0 Å². The fraction of sp³-hybridized carbons (Fsp3) is 0.179. The predicted octanol–water partition coefficient (Wildman–Crippen LogP) is 5.58. The minimum atomic E-state index is -0.707. The number of nitrogens with one attached hydrogen (secondary N) is 1. The number of aromatic amines is 1. The second-order valence-electron chi connectivity index (χ2n) is 8.92. The average molecular weight is 610 g/mol. The number of carbonyl (C=O) groups excluding carboxylic acids is 2. The quantitative estimate of drug-likeness (QED) is 0.287. The van der Waals surface area contributed by atoms with Crippen molar-refractivity contribution in [1.82, 2.24) is 4.98 Å². The van der Waals surface area contributed by atoms with Crippen LogP contribution in [0.15, 0.2) is 87.1 Å². The van der Waals surface area contributed by atoms with Gasteiger partial charge in [0.2, 0.25) is 11.8 Å². The summed E-state index contributed by atoms with van der Waals surface area (Å²) in [4.78, 5) is 44.8. The van der Waals surface area contributed by atoms with Crippen LogP contribution < -0.4 is 19.2 Å². The smallest absolute Gasteiger partial charge is 0.305 e. The van der Waals surface area contributed by atoms with E-state index in [-0.39, 0.29) is 16.7 Å². The molecule has 0 radical (unpaired) electrons. The van der Waals surface area contributed by atoms with E-state index in [2.05, 4.69) is 20.9 Å². The number of H-pyrrole nitrogens is 1. The Balaban J connectivity index is 1.44. The van der Waals surface area contributed by atoms with Crippen LogP contribution in [0, 0.1) is 5.92 Å². The number of nitrogens with zero attached hydrogens (tertiary/aromatic N) is 1. The Morgan fingerprint density at radius 3 is 2.47 bits per heavy atom. The molecule has 0 unspecified atom stereocenters. The molecule has 38 heavy (non-hydrogen) atoms. The maximum absolute atomic E-state index is 14.0. The molecule has 2 aliphatic heterocycles. The van der Waals surface area contributed by atoms with Crippen LogP contribution in [0.1, 0.15) is 21.9 Å². The molecule has 3 aromatic carbocycles. The zero-order chi connectivity index (χ0) is 26.4. The van der Waals surface area contributed by atoms with Gasteiger partial charge in [0.1, 0.15) is 23.4 Å². The number of hydrogen-bond acceptors (Lipinski definition) is 7. The largest absolute Gasteiger partial charge is 0.497 e. The number of methoxy groups -OCH3 is 1. The van der Waals surface area contributed by atoms with Gasteiger partial charge < -0.3 is 14.5 Å². The summed E-state index contributed by atoms with van der Waals surface area (Å²) in [6, 6.07) is 22.3. The minimum Gasteiger partial charge on any atom is -0.497 e. The fourth-order valence-electron chi connectivity index (χ4n) is 4.97. The Hall–Kier alpha value is -3.34. The van der Waals surface area contributed by atoms with Crippen LogP contribution in [-0.4, -0.2) is 29.2 Å². The first-order valence-corrected chi connectivity index (χ1v) is 14.3. The van der Waals surface area contributed by atoms with E-state index in [1.165, 1.54) is 16.7 Å². The Labute approximate surface area is 234 Å². The van der Waals surface area contributed by atoms with Gasteiger partial charge in [0, 0.05) is 20.8 Å². The SMILES string of the molecule is COc1ccc(N2C(=O)[C@H]3[C@H](c4cc(Br)ccc4OCc4ccccc4)c4sc(=O)[nH]c4S[C@H]3C2=O)cc1. The van der Waals surface area contributed by atoms with E-state index in [4.69, 9.17) is 9.47 Å². The van der Waals surface area contributed by atoms with Gasteiger partial charge >= 0.3 is 4.87 Å².